The monoisotopic (exact) mass is 242 g/mol. The predicted octanol–water partition coefficient (Wildman–Crippen LogP) is 3.51. The van der Waals surface area contributed by atoms with Gasteiger partial charge in [-0.1, -0.05) is 32.0 Å². The molecule has 1 aromatic heterocycles. The number of benzene rings is 1. The number of Topliss-reactive ketones (excluding diaryl/α,β-unsaturated/α-hetero) is 1. The molecule has 2 aromatic rings. The molecule has 0 spiro atoms. The Morgan fingerprint density at radius 1 is 1.22 bits per heavy atom. The molecule has 0 bridgehead atoms. The van der Waals surface area contributed by atoms with E-state index in [4.69, 9.17) is 0 Å². The van der Waals surface area contributed by atoms with E-state index in [0.717, 1.165) is 22.6 Å². The maximum atomic E-state index is 11.8. The van der Waals surface area contributed by atoms with Gasteiger partial charge in [-0.2, -0.15) is 5.10 Å². The fourth-order valence-corrected chi connectivity index (χ4v) is 2.28. The number of ketones is 1. The van der Waals surface area contributed by atoms with Crippen LogP contribution < -0.4 is 0 Å². The van der Waals surface area contributed by atoms with Crippen LogP contribution in [0.15, 0.2) is 30.3 Å². The van der Waals surface area contributed by atoms with Gasteiger partial charge in [0.25, 0.3) is 0 Å². The summed E-state index contributed by atoms with van der Waals surface area (Å²) >= 11 is 0. The van der Waals surface area contributed by atoms with Crippen LogP contribution in [-0.4, -0.2) is 15.6 Å². The lowest BCUT2D eigenvalue weighted by atomic mass is 10.0. The summed E-state index contributed by atoms with van der Waals surface area (Å²) in [5.74, 6) is 0.337. The van der Waals surface area contributed by atoms with Crippen LogP contribution in [0.2, 0.25) is 0 Å². The normalized spacial score (nSPS) is 10.9. The van der Waals surface area contributed by atoms with Crippen LogP contribution in [0.5, 0.6) is 0 Å². The first-order valence-corrected chi connectivity index (χ1v) is 6.18. The van der Waals surface area contributed by atoms with Crippen molar-refractivity contribution in [1.82, 2.24) is 9.78 Å². The van der Waals surface area contributed by atoms with Crippen molar-refractivity contribution in [2.75, 3.05) is 0 Å². The van der Waals surface area contributed by atoms with E-state index < -0.39 is 0 Å². The zero-order valence-corrected chi connectivity index (χ0v) is 11.3. The largest absolute Gasteiger partial charge is 0.294 e. The van der Waals surface area contributed by atoms with Crippen LogP contribution in [-0.2, 0) is 0 Å². The molecular weight excluding hydrogens is 224 g/mol. The summed E-state index contributed by atoms with van der Waals surface area (Å²) in [7, 11) is 0. The Hall–Kier alpha value is -1.90. The van der Waals surface area contributed by atoms with E-state index in [1.165, 1.54) is 0 Å². The molecule has 0 N–H and O–H groups in total. The quantitative estimate of drug-likeness (QED) is 0.772. The van der Waals surface area contributed by atoms with Gasteiger partial charge in [-0.05, 0) is 31.9 Å². The second-order valence-corrected chi connectivity index (χ2v) is 4.80. The highest BCUT2D eigenvalue weighted by atomic mass is 16.1. The molecule has 0 amide bonds. The number of rotatable bonds is 3. The number of hydrogen-bond acceptors (Lipinski definition) is 2. The van der Waals surface area contributed by atoms with E-state index in [1.807, 2.05) is 41.9 Å². The first-order chi connectivity index (χ1) is 8.52. The smallest absolute Gasteiger partial charge is 0.163 e. The number of carbonyl (C=O) groups excluding carboxylic acids is 1. The van der Waals surface area contributed by atoms with Gasteiger partial charge >= 0.3 is 0 Å². The summed E-state index contributed by atoms with van der Waals surface area (Å²) in [6, 6.07) is 9.93. The SMILES string of the molecule is CC(=O)c1c(C)nn(-c2ccccc2)c1C(C)C. The Morgan fingerprint density at radius 3 is 2.33 bits per heavy atom. The molecule has 0 radical (unpaired) electrons. The van der Waals surface area contributed by atoms with Crippen LogP contribution in [0.1, 0.15) is 48.4 Å². The summed E-state index contributed by atoms with van der Waals surface area (Å²) in [5, 5.41) is 4.52. The highest BCUT2D eigenvalue weighted by Crippen LogP contribution is 2.25. The first kappa shape index (κ1) is 12.6. The molecule has 3 heteroatoms. The predicted molar refractivity (Wildman–Crippen MR) is 72.4 cm³/mol. The van der Waals surface area contributed by atoms with Gasteiger partial charge in [0.2, 0.25) is 0 Å². The minimum atomic E-state index is 0.0818. The molecule has 0 saturated heterocycles. The molecule has 0 aliphatic carbocycles. The van der Waals surface area contributed by atoms with Gasteiger partial charge in [0.1, 0.15) is 0 Å². The van der Waals surface area contributed by atoms with Crippen LogP contribution in [0, 0.1) is 6.92 Å². The van der Waals surface area contributed by atoms with Crippen molar-refractivity contribution in [3.05, 3.63) is 47.3 Å². The van der Waals surface area contributed by atoms with Crippen LogP contribution in [0.4, 0.5) is 0 Å². The van der Waals surface area contributed by atoms with E-state index in [0.29, 0.717) is 0 Å². The van der Waals surface area contributed by atoms with Crippen molar-refractivity contribution in [1.29, 1.82) is 0 Å². The molecule has 0 aliphatic rings. The zero-order chi connectivity index (χ0) is 13.3. The minimum Gasteiger partial charge on any atom is -0.294 e. The Balaban J connectivity index is 2.69. The lowest BCUT2D eigenvalue weighted by Crippen LogP contribution is -2.07. The topological polar surface area (TPSA) is 34.9 Å². The summed E-state index contributed by atoms with van der Waals surface area (Å²) in [6.07, 6.45) is 0. The molecule has 1 aromatic carbocycles. The molecular formula is C15H18N2O. The van der Waals surface area contributed by atoms with Gasteiger partial charge < -0.3 is 0 Å². The average Bonchev–Trinajstić information content (AvgIpc) is 2.68. The summed E-state index contributed by atoms with van der Waals surface area (Å²) < 4.78 is 1.89. The Bertz CT molecular complexity index is 568. The molecule has 0 saturated carbocycles. The Kier molecular flexibility index (Phi) is 3.32. The van der Waals surface area contributed by atoms with E-state index in [9.17, 15) is 4.79 Å². The molecule has 0 fully saturated rings. The van der Waals surface area contributed by atoms with Crippen molar-refractivity contribution in [2.24, 2.45) is 0 Å². The Labute approximate surface area is 107 Å². The molecule has 0 atom stereocenters. The number of para-hydroxylation sites is 1. The van der Waals surface area contributed by atoms with Crippen LogP contribution in [0.25, 0.3) is 5.69 Å². The van der Waals surface area contributed by atoms with Crippen LogP contribution in [0.3, 0.4) is 0 Å². The molecule has 0 aliphatic heterocycles. The average molecular weight is 242 g/mol. The van der Waals surface area contributed by atoms with Crippen molar-refractivity contribution in [3.8, 4) is 5.69 Å². The van der Waals surface area contributed by atoms with E-state index in [1.54, 1.807) is 6.92 Å². The summed E-state index contributed by atoms with van der Waals surface area (Å²) in [6.45, 7) is 7.66. The lowest BCUT2D eigenvalue weighted by Gasteiger charge is -2.11. The third-order valence-corrected chi connectivity index (χ3v) is 3.00. The van der Waals surface area contributed by atoms with E-state index >= 15 is 0 Å². The van der Waals surface area contributed by atoms with Crippen molar-refractivity contribution in [3.63, 3.8) is 0 Å². The summed E-state index contributed by atoms with van der Waals surface area (Å²) in [4.78, 5) is 11.8. The van der Waals surface area contributed by atoms with Crippen LogP contribution >= 0.6 is 0 Å². The van der Waals surface area contributed by atoms with Gasteiger partial charge in [0, 0.05) is 0 Å². The van der Waals surface area contributed by atoms with Gasteiger partial charge in [0.15, 0.2) is 5.78 Å². The molecule has 18 heavy (non-hydrogen) atoms. The lowest BCUT2D eigenvalue weighted by molar-refractivity contribution is 0.101. The molecule has 2 rings (SSSR count). The zero-order valence-electron chi connectivity index (χ0n) is 11.3. The third-order valence-electron chi connectivity index (χ3n) is 3.00. The summed E-state index contributed by atoms with van der Waals surface area (Å²) in [5.41, 5.74) is 3.55. The number of nitrogens with zero attached hydrogens (tertiary/aromatic N) is 2. The number of aryl methyl sites for hydroxylation is 1. The number of carbonyl (C=O) groups is 1. The second kappa shape index (κ2) is 4.77. The highest BCUT2D eigenvalue weighted by molar-refractivity contribution is 5.96. The molecule has 3 nitrogen and oxygen atoms in total. The van der Waals surface area contributed by atoms with E-state index in [2.05, 4.69) is 18.9 Å². The third kappa shape index (κ3) is 2.08. The Morgan fingerprint density at radius 2 is 1.83 bits per heavy atom. The van der Waals surface area contributed by atoms with Crippen molar-refractivity contribution >= 4 is 5.78 Å². The minimum absolute atomic E-state index is 0.0818. The molecule has 1 heterocycles. The standard InChI is InChI=1S/C15H18N2O/c1-10(2)15-14(12(4)18)11(3)16-17(15)13-8-6-5-7-9-13/h5-10H,1-4H3. The first-order valence-electron chi connectivity index (χ1n) is 6.18. The second-order valence-electron chi connectivity index (χ2n) is 4.80. The maximum absolute atomic E-state index is 11.8. The highest BCUT2D eigenvalue weighted by Gasteiger charge is 2.21. The maximum Gasteiger partial charge on any atom is 0.163 e. The molecule has 0 unspecified atom stereocenters. The molecule has 94 valence electrons. The van der Waals surface area contributed by atoms with Gasteiger partial charge in [-0.15, -0.1) is 0 Å². The fourth-order valence-electron chi connectivity index (χ4n) is 2.28. The number of hydrogen-bond donors (Lipinski definition) is 0. The van der Waals surface area contributed by atoms with Gasteiger partial charge in [-0.25, -0.2) is 4.68 Å². The van der Waals surface area contributed by atoms with Gasteiger partial charge in [0.05, 0.1) is 22.6 Å². The van der Waals surface area contributed by atoms with Gasteiger partial charge in [-0.3, -0.25) is 4.79 Å². The van der Waals surface area contributed by atoms with Crippen molar-refractivity contribution < 1.29 is 4.79 Å². The van der Waals surface area contributed by atoms with E-state index in [-0.39, 0.29) is 11.7 Å². The number of aromatic nitrogens is 2. The fraction of sp³-hybridized carbons (Fsp3) is 0.333. The van der Waals surface area contributed by atoms with Crippen molar-refractivity contribution in [2.45, 2.75) is 33.6 Å².